The number of methoxy groups -OCH3 is 1. The molecule has 0 fully saturated rings. The zero-order valence-corrected chi connectivity index (χ0v) is 13.4. The second-order valence-corrected chi connectivity index (χ2v) is 6.16. The van der Waals surface area contributed by atoms with Crippen molar-refractivity contribution in [1.82, 2.24) is 0 Å². The first-order chi connectivity index (χ1) is 9.52. The first-order valence-corrected chi connectivity index (χ1v) is 7.58. The summed E-state index contributed by atoms with van der Waals surface area (Å²) in [4.78, 5) is 1.88. The molecule has 0 aliphatic heterocycles. The second-order valence-electron chi connectivity index (χ2n) is 4.23. The van der Waals surface area contributed by atoms with Crippen molar-refractivity contribution in [1.29, 1.82) is 0 Å². The standard InChI is InChI=1S/C15H14Cl2O2S/c1-9(18)15-13(19-2)4-3-5-14(15)20-10-6-7-11(16)12(17)8-10/h3-9,18H,1-2H3/t9-/m1/s1. The summed E-state index contributed by atoms with van der Waals surface area (Å²) in [5.41, 5.74) is 0.770. The van der Waals surface area contributed by atoms with Crippen LogP contribution in [0.4, 0.5) is 0 Å². The highest BCUT2D eigenvalue weighted by Gasteiger charge is 2.15. The van der Waals surface area contributed by atoms with E-state index in [0.717, 1.165) is 15.4 Å². The van der Waals surface area contributed by atoms with E-state index in [1.165, 1.54) is 11.8 Å². The van der Waals surface area contributed by atoms with E-state index in [2.05, 4.69) is 0 Å². The lowest BCUT2D eigenvalue weighted by Crippen LogP contribution is -1.98. The van der Waals surface area contributed by atoms with Gasteiger partial charge < -0.3 is 9.84 Å². The van der Waals surface area contributed by atoms with Gasteiger partial charge >= 0.3 is 0 Å². The molecule has 20 heavy (non-hydrogen) atoms. The minimum absolute atomic E-state index is 0.512. The second kappa shape index (κ2) is 6.72. The molecular formula is C15H14Cl2O2S. The van der Waals surface area contributed by atoms with Gasteiger partial charge in [0.25, 0.3) is 0 Å². The quantitative estimate of drug-likeness (QED) is 0.835. The third-order valence-corrected chi connectivity index (χ3v) is 4.59. The van der Waals surface area contributed by atoms with E-state index >= 15 is 0 Å². The van der Waals surface area contributed by atoms with Crippen molar-refractivity contribution in [2.75, 3.05) is 7.11 Å². The van der Waals surface area contributed by atoms with E-state index in [1.54, 1.807) is 26.2 Å². The van der Waals surface area contributed by atoms with Gasteiger partial charge in [0.2, 0.25) is 0 Å². The van der Waals surface area contributed by atoms with Crippen LogP contribution in [0.2, 0.25) is 10.0 Å². The number of hydrogen-bond acceptors (Lipinski definition) is 3. The van der Waals surface area contributed by atoms with Crippen LogP contribution in [-0.4, -0.2) is 12.2 Å². The molecule has 1 atom stereocenters. The average Bonchev–Trinajstić information content (AvgIpc) is 2.42. The van der Waals surface area contributed by atoms with Crippen molar-refractivity contribution < 1.29 is 9.84 Å². The van der Waals surface area contributed by atoms with E-state index in [0.29, 0.717) is 15.8 Å². The van der Waals surface area contributed by atoms with Gasteiger partial charge in [-0.2, -0.15) is 0 Å². The minimum Gasteiger partial charge on any atom is -0.496 e. The van der Waals surface area contributed by atoms with E-state index in [1.807, 2.05) is 24.3 Å². The smallest absolute Gasteiger partial charge is 0.125 e. The van der Waals surface area contributed by atoms with E-state index < -0.39 is 6.10 Å². The van der Waals surface area contributed by atoms with Crippen LogP contribution in [-0.2, 0) is 0 Å². The predicted octanol–water partition coefficient (Wildman–Crippen LogP) is 5.21. The molecule has 0 amide bonds. The van der Waals surface area contributed by atoms with Gasteiger partial charge in [-0.3, -0.25) is 0 Å². The van der Waals surface area contributed by atoms with Crippen molar-refractivity contribution in [3.63, 3.8) is 0 Å². The maximum Gasteiger partial charge on any atom is 0.125 e. The molecule has 0 saturated carbocycles. The first-order valence-electron chi connectivity index (χ1n) is 6.00. The van der Waals surface area contributed by atoms with E-state index in [9.17, 15) is 5.11 Å². The summed E-state index contributed by atoms with van der Waals surface area (Å²) < 4.78 is 5.31. The van der Waals surface area contributed by atoms with Crippen LogP contribution in [0.3, 0.4) is 0 Å². The first kappa shape index (κ1) is 15.5. The van der Waals surface area contributed by atoms with Crippen LogP contribution in [0.15, 0.2) is 46.2 Å². The fourth-order valence-corrected chi connectivity index (χ4v) is 3.33. The van der Waals surface area contributed by atoms with Gasteiger partial charge in [-0.05, 0) is 37.3 Å². The van der Waals surface area contributed by atoms with Crippen molar-refractivity contribution in [2.24, 2.45) is 0 Å². The van der Waals surface area contributed by atoms with Crippen LogP contribution in [0.5, 0.6) is 5.75 Å². The van der Waals surface area contributed by atoms with Crippen molar-refractivity contribution >= 4 is 35.0 Å². The summed E-state index contributed by atoms with van der Waals surface area (Å²) in [5.74, 6) is 0.671. The maximum atomic E-state index is 9.95. The lowest BCUT2D eigenvalue weighted by molar-refractivity contribution is 0.191. The fourth-order valence-electron chi connectivity index (χ4n) is 1.87. The lowest BCUT2D eigenvalue weighted by atomic mass is 10.1. The number of halogens is 2. The number of benzene rings is 2. The zero-order chi connectivity index (χ0) is 14.7. The molecule has 1 N–H and O–H groups in total. The largest absolute Gasteiger partial charge is 0.496 e. The SMILES string of the molecule is COc1cccc(Sc2ccc(Cl)c(Cl)c2)c1[C@@H](C)O. The summed E-state index contributed by atoms with van der Waals surface area (Å²) in [6, 6.07) is 11.1. The van der Waals surface area contributed by atoms with Crippen molar-refractivity contribution in [3.8, 4) is 5.75 Å². The Labute approximate surface area is 132 Å². The molecule has 0 heterocycles. The summed E-state index contributed by atoms with van der Waals surface area (Å²) in [5, 5.41) is 11.0. The van der Waals surface area contributed by atoms with Crippen LogP contribution >= 0.6 is 35.0 Å². The molecule has 2 aromatic carbocycles. The topological polar surface area (TPSA) is 29.5 Å². The Kier molecular flexibility index (Phi) is 5.22. The Bertz CT molecular complexity index is 615. The summed E-state index contributed by atoms with van der Waals surface area (Å²) in [6.45, 7) is 1.72. The lowest BCUT2D eigenvalue weighted by Gasteiger charge is -2.15. The van der Waals surface area contributed by atoms with Crippen molar-refractivity contribution in [3.05, 3.63) is 52.0 Å². The van der Waals surface area contributed by atoms with E-state index in [-0.39, 0.29) is 0 Å². The van der Waals surface area contributed by atoms with Gasteiger partial charge in [-0.15, -0.1) is 0 Å². The maximum absolute atomic E-state index is 9.95. The summed E-state index contributed by atoms with van der Waals surface area (Å²) in [6.07, 6.45) is -0.614. The third-order valence-electron chi connectivity index (χ3n) is 2.78. The predicted molar refractivity (Wildman–Crippen MR) is 84.2 cm³/mol. The van der Waals surface area contributed by atoms with Gasteiger partial charge in [0.15, 0.2) is 0 Å². The number of aliphatic hydroxyl groups excluding tert-OH is 1. The number of aliphatic hydroxyl groups is 1. The minimum atomic E-state index is -0.614. The molecule has 5 heteroatoms. The highest BCUT2D eigenvalue weighted by Crippen LogP contribution is 2.39. The monoisotopic (exact) mass is 328 g/mol. The number of rotatable bonds is 4. The number of hydrogen-bond donors (Lipinski definition) is 1. The molecule has 0 aliphatic carbocycles. The molecule has 0 radical (unpaired) electrons. The molecule has 0 unspecified atom stereocenters. The normalized spacial score (nSPS) is 12.2. The highest BCUT2D eigenvalue weighted by molar-refractivity contribution is 7.99. The molecule has 0 aromatic heterocycles. The molecule has 0 bridgehead atoms. The molecule has 2 rings (SSSR count). The highest BCUT2D eigenvalue weighted by atomic mass is 35.5. The molecule has 0 spiro atoms. The summed E-state index contributed by atoms with van der Waals surface area (Å²) in [7, 11) is 1.59. The van der Waals surface area contributed by atoms with Gasteiger partial charge in [-0.1, -0.05) is 41.0 Å². The van der Waals surface area contributed by atoms with Gasteiger partial charge in [0.05, 0.1) is 23.3 Å². The van der Waals surface area contributed by atoms with Crippen LogP contribution in [0.1, 0.15) is 18.6 Å². The average molecular weight is 329 g/mol. The zero-order valence-electron chi connectivity index (χ0n) is 11.1. The van der Waals surface area contributed by atoms with Crippen LogP contribution in [0, 0.1) is 0 Å². The number of ether oxygens (including phenoxy) is 1. The Balaban J connectivity index is 2.40. The van der Waals surface area contributed by atoms with Gasteiger partial charge in [0.1, 0.15) is 5.75 Å². The molecule has 0 saturated heterocycles. The Hall–Kier alpha value is -0.870. The molecular weight excluding hydrogens is 315 g/mol. The Morgan fingerprint density at radius 2 is 1.90 bits per heavy atom. The Morgan fingerprint density at radius 1 is 1.15 bits per heavy atom. The Morgan fingerprint density at radius 3 is 2.50 bits per heavy atom. The van der Waals surface area contributed by atoms with Gasteiger partial charge in [0, 0.05) is 15.4 Å². The van der Waals surface area contributed by atoms with Gasteiger partial charge in [-0.25, -0.2) is 0 Å². The third kappa shape index (κ3) is 3.41. The van der Waals surface area contributed by atoms with Crippen LogP contribution < -0.4 is 4.74 Å². The van der Waals surface area contributed by atoms with Crippen molar-refractivity contribution in [2.45, 2.75) is 22.8 Å². The van der Waals surface area contributed by atoms with E-state index in [4.69, 9.17) is 27.9 Å². The molecule has 2 aromatic rings. The fraction of sp³-hybridized carbons (Fsp3) is 0.200. The molecule has 0 aliphatic rings. The molecule has 106 valence electrons. The summed E-state index contributed by atoms with van der Waals surface area (Å²) >= 11 is 13.4. The van der Waals surface area contributed by atoms with Crippen LogP contribution in [0.25, 0.3) is 0 Å². The molecule has 2 nitrogen and oxygen atoms in total.